The van der Waals surface area contributed by atoms with Crippen molar-refractivity contribution in [3.8, 4) is 5.75 Å². The van der Waals surface area contributed by atoms with Crippen molar-refractivity contribution < 1.29 is 5.11 Å². The van der Waals surface area contributed by atoms with E-state index >= 15 is 0 Å². The quantitative estimate of drug-likeness (QED) is 0.838. The van der Waals surface area contributed by atoms with Gasteiger partial charge in [-0.3, -0.25) is 0 Å². The summed E-state index contributed by atoms with van der Waals surface area (Å²) in [5, 5.41) is 10.1. The van der Waals surface area contributed by atoms with Crippen LogP contribution in [0.25, 0.3) is 0 Å². The zero-order valence-electron chi connectivity index (χ0n) is 12.4. The molecule has 3 N–H and O–H groups in total. The second-order valence-electron chi connectivity index (χ2n) is 4.83. The van der Waals surface area contributed by atoms with Crippen LogP contribution in [-0.2, 0) is 0 Å². The zero-order valence-corrected chi connectivity index (χ0v) is 13.2. The van der Waals surface area contributed by atoms with Crippen molar-refractivity contribution in [2.75, 3.05) is 18.0 Å². The Morgan fingerprint density at radius 2 is 1.79 bits per heavy atom. The van der Waals surface area contributed by atoms with Crippen LogP contribution in [0.15, 0.2) is 18.2 Å². The van der Waals surface area contributed by atoms with Gasteiger partial charge in [0, 0.05) is 36.4 Å². The van der Waals surface area contributed by atoms with Crippen LogP contribution in [0.5, 0.6) is 5.75 Å². The molecule has 0 aliphatic heterocycles. The van der Waals surface area contributed by atoms with Crippen molar-refractivity contribution in [2.45, 2.75) is 40.2 Å². The van der Waals surface area contributed by atoms with E-state index in [0.717, 1.165) is 30.8 Å². The number of phenols is 1. The van der Waals surface area contributed by atoms with Crippen LogP contribution in [0.1, 0.15) is 45.7 Å². The normalized spacial score (nSPS) is 13.5. The summed E-state index contributed by atoms with van der Waals surface area (Å²) in [6, 6.07) is 5.73. The van der Waals surface area contributed by atoms with Crippen molar-refractivity contribution in [1.82, 2.24) is 0 Å². The van der Waals surface area contributed by atoms with E-state index < -0.39 is 0 Å². The number of hydrogen-bond donors (Lipinski definition) is 2. The fourth-order valence-corrected chi connectivity index (χ4v) is 2.16. The summed E-state index contributed by atoms with van der Waals surface area (Å²) in [5.74, 6) is 0.683. The number of rotatable bonds is 6. The van der Waals surface area contributed by atoms with Gasteiger partial charge in [0.2, 0.25) is 0 Å². The molecule has 1 aromatic rings. The van der Waals surface area contributed by atoms with Crippen molar-refractivity contribution in [1.29, 1.82) is 0 Å². The lowest BCUT2D eigenvalue weighted by Crippen LogP contribution is -2.22. The fraction of sp³-hybridized carbons (Fsp3) is 0.600. The number of halogens is 1. The lowest BCUT2D eigenvalue weighted by Gasteiger charge is -2.24. The second-order valence-corrected chi connectivity index (χ2v) is 4.83. The van der Waals surface area contributed by atoms with Gasteiger partial charge < -0.3 is 15.7 Å². The van der Waals surface area contributed by atoms with Crippen molar-refractivity contribution >= 4 is 18.1 Å². The molecule has 110 valence electrons. The smallest absolute Gasteiger partial charge is 0.122 e. The predicted molar refractivity (Wildman–Crippen MR) is 85.3 cm³/mol. The third-order valence-corrected chi connectivity index (χ3v) is 3.76. The van der Waals surface area contributed by atoms with Gasteiger partial charge in [0.25, 0.3) is 0 Å². The molecule has 0 heterocycles. The Morgan fingerprint density at radius 1 is 1.21 bits per heavy atom. The standard InChI is InChI=1S/C15H26N2O.ClH/c1-5-11(4)15(16)13-9-8-12(10-14(13)18)17(6-2)7-3;/h8-11,15,18H,5-7,16H2,1-4H3;1H/t11?,15-;/m0./s1. The van der Waals surface area contributed by atoms with Gasteiger partial charge in [-0.05, 0) is 25.8 Å². The number of benzene rings is 1. The molecule has 0 spiro atoms. The average Bonchev–Trinajstić information content (AvgIpc) is 2.38. The molecular formula is C15H27ClN2O. The molecule has 0 saturated heterocycles. The fourth-order valence-electron chi connectivity index (χ4n) is 2.16. The average molecular weight is 287 g/mol. The monoisotopic (exact) mass is 286 g/mol. The van der Waals surface area contributed by atoms with Gasteiger partial charge in [0.15, 0.2) is 0 Å². The highest BCUT2D eigenvalue weighted by molar-refractivity contribution is 5.85. The number of aromatic hydroxyl groups is 1. The van der Waals surface area contributed by atoms with Crippen molar-refractivity contribution in [2.24, 2.45) is 11.7 Å². The number of phenolic OH excluding ortho intramolecular Hbond substituents is 1. The maximum Gasteiger partial charge on any atom is 0.122 e. The molecule has 0 aromatic heterocycles. The van der Waals surface area contributed by atoms with Crippen LogP contribution in [-0.4, -0.2) is 18.2 Å². The maximum absolute atomic E-state index is 10.1. The summed E-state index contributed by atoms with van der Waals surface area (Å²) in [6.45, 7) is 10.3. The summed E-state index contributed by atoms with van der Waals surface area (Å²) in [4.78, 5) is 2.21. The molecule has 0 amide bonds. The number of nitrogens with two attached hydrogens (primary N) is 1. The first-order valence-electron chi connectivity index (χ1n) is 6.88. The van der Waals surface area contributed by atoms with Gasteiger partial charge in [0.05, 0.1) is 0 Å². The van der Waals surface area contributed by atoms with Gasteiger partial charge in [-0.1, -0.05) is 26.3 Å². The highest BCUT2D eigenvalue weighted by Crippen LogP contribution is 2.32. The van der Waals surface area contributed by atoms with E-state index in [4.69, 9.17) is 5.73 Å². The summed E-state index contributed by atoms with van der Waals surface area (Å²) < 4.78 is 0. The Labute approximate surface area is 123 Å². The van der Waals surface area contributed by atoms with Crippen LogP contribution in [0.2, 0.25) is 0 Å². The minimum atomic E-state index is -0.0965. The molecule has 0 aliphatic rings. The SMILES string of the molecule is CCC(C)[C@H](N)c1ccc(N(CC)CC)cc1O.Cl. The summed E-state index contributed by atoms with van der Waals surface area (Å²) in [5.41, 5.74) is 8.07. The van der Waals surface area contributed by atoms with Gasteiger partial charge in [-0.2, -0.15) is 0 Å². The van der Waals surface area contributed by atoms with E-state index in [2.05, 4.69) is 32.6 Å². The maximum atomic E-state index is 10.1. The van der Waals surface area contributed by atoms with E-state index in [0.29, 0.717) is 11.7 Å². The molecule has 19 heavy (non-hydrogen) atoms. The van der Waals surface area contributed by atoms with Crippen LogP contribution in [0.3, 0.4) is 0 Å². The minimum Gasteiger partial charge on any atom is -0.508 e. The largest absolute Gasteiger partial charge is 0.508 e. The van der Waals surface area contributed by atoms with E-state index in [-0.39, 0.29) is 18.4 Å². The molecule has 1 aromatic carbocycles. The molecule has 1 unspecified atom stereocenters. The van der Waals surface area contributed by atoms with Crippen molar-refractivity contribution in [3.05, 3.63) is 23.8 Å². The summed E-state index contributed by atoms with van der Waals surface area (Å²) in [6.07, 6.45) is 1.01. The molecule has 1 rings (SSSR count). The Morgan fingerprint density at radius 3 is 2.21 bits per heavy atom. The van der Waals surface area contributed by atoms with E-state index in [9.17, 15) is 5.11 Å². The molecule has 4 heteroatoms. The molecule has 0 aliphatic carbocycles. The second kappa shape index (κ2) is 8.28. The Kier molecular flexibility index (Phi) is 7.88. The van der Waals surface area contributed by atoms with Gasteiger partial charge >= 0.3 is 0 Å². The molecular weight excluding hydrogens is 260 g/mol. The Hall–Kier alpha value is -0.930. The topological polar surface area (TPSA) is 49.5 Å². The van der Waals surface area contributed by atoms with Crippen LogP contribution >= 0.6 is 12.4 Å². The summed E-state index contributed by atoms with van der Waals surface area (Å²) >= 11 is 0. The lowest BCUT2D eigenvalue weighted by molar-refractivity contribution is 0.419. The van der Waals surface area contributed by atoms with Crippen LogP contribution in [0, 0.1) is 5.92 Å². The van der Waals surface area contributed by atoms with E-state index in [1.807, 2.05) is 18.2 Å². The van der Waals surface area contributed by atoms with E-state index in [1.54, 1.807) is 0 Å². The van der Waals surface area contributed by atoms with Gasteiger partial charge in [-0.15, -0.1) is 12.4 Å². The number of anilines is 1. The predicted octanol–water partition coefficient (Wildman–Crippen LogP) is 3.71. The molecule has 0 bridgehead atoms. The number of nitrogens with zero attached hydrogens (tertiary/aromatic N) is 1. The first-order valence-corrected chi connectivity index (χ1v) is 6.88. The van der Waals surface area contributed by atoms with Crippen LogP contribution in [0.4, 0.5) is 5.69 Å². The Bertz CT molecular complexity index is 380. The van der Waals surface area contributed by atoms with Crippen LogP contribution < -0.4 is 10.6 Å². The van der Waals surface area contributed by atoms with Gasteiger partial charge in [0.1, 0.15) is 5.75 Å². The molecule has 2 atom stereocenters. The first kappa shape index (κ1) is 18.1. The third kappa shape index (κ3) is 4.29. The molecule has 0 fully saturated rings. The number of hydrogen-bond acceptors (Lipinski definition) is 3. The highest BCUT2D eigenvalue weighted by atomic mass is 35.5. The van der Waals surface area contributed by atoms with Crippen molar-refractivity contribution in [3.63, 3.8) is 0 Å². The Balaban J connectivity index is 0.00000324. The first-order chi connectivity index (χ1) is 8.54. The minimum absolute atomic E-state index is 0. The molecule has 0 radical (unpaired) electrons. The lowest BCUT2D eigenvalue weighted by atomic mass is 9.92. The van der Waals surface area contributed by atoms with E-state index in [1.165, 1.54) is 0 Å². The highest BCUT2D eigenvalue weighted by Gasteiger charge is 2.17. The van der Waals surface area contributed by atoms with Gasteiger partial charge in [-0.25, -0.2) is 0 Å². The molecule has 3 nitrogen and oxygen atoms in total. The third-order valence-electron chi connectivity index (χ3n) is 3.76. The zero-order chi connectivity index (χ0) is 13.7. The summed E-state index contributed by atoms with van der Waals surface area (Å²) in [7, 11) is 0. The molecule has 0 saturated carbocycles.